The summed E-state index contributed by atoms with van der Waals surface area (Å²) < 4.78 is 0.827. The van der Waals surface area contributed by atoms with Gasteiger partial charge in [-0.2, -0.15) is 0 Å². The number of nitrogens with two attached hydrogens (primary N) is 1. The maximum atomic E-state index is 12.0. The number of hydrogen-bond donors (Lipinski definition) is 2. The summed E-state index contributed by atoms with van der Waals surface area (Å²) in [5.74, 6) is -0.0654. The third-order valence-corrected chi connectivity index (χ3v) is 3.76. The van der Waals surface area contributed by atoms with E-state index in [0.717, 1.165) is 10.9 Å². The second kappa shape index (κ2) is 6.75. The van der Waals surface area contributed by atoms with Crippen molar-refractivity contribution in [2.45, 2.75) is 32.1 Å². The van der Waals surface area contributed by atoms with Crippen LogP contribution in [0.2, 0.25) is 0 Å². The summed E-state index contributed by atoms with van der Waals surface area (Å²) >= 11 is 3.34. The molecule has 0 heterocycles. The van der Waals surface area contributed by atoms with Gasteiger partial charge in [0.2, 0.25) is 0 Å². The molecule has 3 N–H and O–H groups in total. The Morgan fingerprint density at radius 3 is 2.84 bits per heavy atom. The Hall–Kier alpha value is -1.29. The Morgan fingerprint density at radius 2 is 2.16 bits per heavy atom. The van der Waals surface area contributed by atoms with Crippen LogP contribution >= 0.6 is 15.9 Å². The quantitative estimate of drug-likeness (QED) is 0.656. The van der Waals surface area contributed by atoms with Crippen LogP contribution in [0.5, 0.6) is 0 Å². The molecule has 1 aromatic carbocycles. The van der Waals surface area contributed by atoms with E-state index in [1.807, 2.05) is 0 Å². The van der Waals surface area contributed by atoms with Gasteiger partial charge in [0.1, 0.15) is 0 Å². The third-order valence-electron chi connectivity index (χ3n) is 3.30. The highest BCUT2D eigenvalue weighted by Crippen LogP contribution is 2.20. The van der Waals surface area contributed by atoms with Gasteiger partial charge in [0.25, 0.3) is 5.91 Å². The molecule has 1 amide bonds. The Morgan fingerprint density at radius 1 is 1.32 bits per heavy atom. The van der Waals surface area contributed by atoms with Crippen molar-refractivity contribution in [1.82, 2.24) is 5.32 Å². The van der Waals surface area contributed by atoms with Crippen molar-refractivity contribution >= 4 is 27.5 Å². The van der Waals surface area contributed by atoms with Crippen molar-refractivity contribution in [2.24, 2.45) is 0 Å². The summed E-state index contributed by atoms with van der Waals surface area (Å²) in [6.07, 6.45) is 8.21. The fourth-order valence-corrected chi connectivity index (χ4v) is 2.82. The van der Waals surface area contributed by atoms with Crippen LogP contribution in [0.15, 0.2) is 34.3 Å². The van der Waals surface area contributed by atoms with Gasteiger partial charge in [-0.05, 0) is 50.3 Å². The van der Waals surface area contributed by atoms with Crippen molar-refractivity contribution in [1.29, 1.82) is 0 Å². The number of carbonyl (C=O) groups is 1. The summed E-state index contributed by atoms with van der Waals surface area (Å²) in [6, 6.07) is 5.26. The van der Waals surface area contributed by atoms with Gasteiger partial charge in [0, 0.05) is 22.3 Å². The lowest BCUT2D eigenvalue weighted by Crippen LogP contribution is -2.25. The molecule has 0 spiro atoms. The molecule has 0 aromatic heterocycles. The number of halogens is 1. The van der Waals surface area contributed by atoms with E-state index < -0.39 is 0 Å². The zero-order valence-corrected chi connectivity index (χ0v) is 12.5. The van der Waals surface area contributed by atoms with Gasteiger partial charge in [-0.3, -0.25) is 4.79 Å². The van der Waals surface area contributed by atoms with Gasteiger partial charge in [-0.25, -0.2) is 0 Å². The lowest BCUT2D eigenvalue weighted by molar-refractivity contribution is 0.0954. The Kier molecular flexibility index (Phi) is 5.02. The van der Waals surface area contributed by atoms with Gasteiger partial charge in [-0.15, -0.1) is 0 Å². The molecule has 0 saturated carbocycles. The van der Waals surface area contributed by atoms with Crippen LogP contribution in [0.3, 0.4) is 0 Å². The number of allylic oxidation sites excluding steroid dienone is 1. The summed E-state index contributed by atoms with van der Waals surface area (Å²) in [5.41, 5.74) is 8.39. The normalized spacial score (nSPS) is 14.9. The highest BCUT2D eigenvalue weighted by atomic mass is 79.9. The van der Waals surface area contributed by atoms with Crippen LogP contribution in [0.25, 0.3) is 0 Å². The van der Waals surface area contributed by atoms with E-state index in [9.17, 15) is 4.79 Å². The fourth-order valence-electron chi connectivity index (χ4n) is 2.31. The van der Waals surface area contributed by atoms with E-state index in [2.05, 4.69) is 27.3 Å². The van der Waals surface area contributed by atoms with Crippen LogP contribution in [0.4, 0.5) is 5.69 Å². The molecule has 0 saturated heterocycles. The number of anilines is 1. The monoisotopic (exact) mass is 322 g/mol. The molecular weight excluding hydrogens is 304 g/mol. The van der Waals surface area contributed by atoms with Crippen LogP contribution in [-0.2, 0) is 0 Å². The van der Waals surface area contributed by atoms with Crippen LogP contribution < -0.4 is 11.1 Å². The number of carbonyl (C=O) groups excluding carboxylic acids is 1. The van der Waals surface area contributed by atoms with Crippen LogP contribution in [0.1, 0.15) is 42.5 Å². The molecule has 0 radical (unpaired) electrons. The largest absolute Gasteiger partial charge is 0.399 e. The minimum Gasteiger partial charge on any atom is -0.399 e. The molecule has 19 heavy (non-hydrogen) atoms. The van der Waals surface area contributed by atoms with E-state index >= 15 is 0 Å². The minimum absolute atomic E-state index is 0.0654. The fraction of sp³-hybridized carbons (Fsp3) is 0.400. The number of benzene rings is 1. The first-order chi connectivity index (χ1) is 9.15. The molecule has 0 aliphatic heterocycles. The number of hydrogen-bond acceptors (Lipinski definition) is 2. The van der Waals surface area contributed by atoms with Gasteiger partial charge in [0.05, 0.1) is 0 Å². The summed E-state index contributed by atoms with van der Waals surface area (Å²) in [5, 5.41) is 2.94. The number of rotatable bonds is 4. The number of amides is 1. The van der Waals surface area contributed by atoms with Crippen molar-refractivity contribution in [2.75, 3.05) is 12.3 Å². The predicted octanol–water partition coefficient (Wildman–Crippen LogP) is 3.65. The minimum atomic E-state index is -0.0654. The molecule has 0 atom stereocenters. The molecule has 1 aliphatic rings. The summed E-state index contributed by atoms with van der Waals surface area (Å²) in [4.78, 5) is 12.0. The van der Waals surface area contributed by atoms with Gasteiger partial charge < -0.3 is 11.1 Å². The van der Waals surface area contributed by atoms with E-state index in [-0.39, 0.29) is 5.91 Å². The van der Waals surface area contributed by atoms with Crippen LogP contribution in [0, 0.1) is 0 Å². The molecule has 102 valence electrons. The maximum Gasteiger partial charge on any atom is 0.251 e. The average Bonchev–Trinajstić information content (AvgIpc) is 2.38. The van der Waals surface area contributed by atoms with E-state index in [1.165, 1.54) is 31.3 Å². The molecule has 1 aromatic rings. The van der Waals surface area contributed by atoms with E-state index in [1.54, 1.807) is 18.2 Å². The van der Waals surface area contributed by atoms with Crippen molar-refractivity contribution in [3.05, 3.63) is 39.9 Å². The third kappa shape index (κ3) is 4.39. The zero-order chi connectivity index (χ0) is 13.7. The molecule has 0 fully saturated rings. The smallest absolute Gasteiger partial charge is 0.251 e. The molecular formula is C15H19BrN2O. The van der Waals surface area contributed by atoms with Crippen molar-refractivity contribution in [3.8, 4) is 0 Å². The first-order valence-corrected chi connectivity index (χ1v) is 7.46. The lowest BCUT2D eigenvalue weighted by atomic mass is 9.97. The zero-order valence-electron chi connectivity index (χ0n) is 10.9. The number of nitrogens with one attached hydrogen (secondary N) is 1. The summed E-state index contributed by atoms with van der Waals surface area (Å²) in [7, 11) is 0. The SMILES string of the molecule is Nc1cc(Br)cc(C(=O)NCCC2=CCCCC2)c1. The molecule has 1 aliphatic carbocycles. The first kappa shape index (κ1) is 14.1. The Labute approximate surface area is 122 Å². The highest BCUT2D eigenvalue weighted by molar-refractivity contribution is 9.10. The predicted molar refractivity (Wildman–Crippen MR) is 82.1 cm³/mol. The average molecular weight is 323 g/mol. The van der Waals surface area contributed by atoms with Crippen LogP contribution in [-0.4, -0.2) is 12.5 Å². The molecule has 0 unspecified atom stereocenters. The Bertz CT molecular complexity index is 477. The number of nitrogen functional groups attached to an aromatic ring is 1. The first-order valence-electron chi connectivity index (χ1n) is 6.67. The maximum absolute atomic E-state index is 12.0. The standard InChI is InChI=1S/C15H19BrN2O/c16-13-8-12(9-14(17)10-13)15(19)18-7-6-11-4-2-1-3-5-11/h4,8-10H,1-3,5-7,17H2,(H,18,19). The molecule has 3 nitrogen and oxygen atoms in total. The molecule has 4 heteroatoms. The van der Waals surface area contributed by atoms with E-state index in [4.69, 9.17) is 5.73 Å². The summed E-state index contributed by atoms with van der Waals surface area (Å²) in [6.45, 7) is 0.692. The van der Waals surface area contributed by atoms with Gasteiger partial charge >= 0.3 is 0 Å². The topological polar surface area (TPSA) is 55.1 Å². The molecule has 2 rings (SSSR count). The second-order valence-electron chi connectivity index (χ2n) is 4.89. The van der Waals surface area contributed by atoms with Crippen molar-refractivity contribution in [3.63, 3.8) is 0 Å². The lowest BCUT2D eigenvalue weighted by Gasteiger charge is -2.13. The second-order valence-corrected chi connectivity index (χ2v) is 5.80. The van der Waals surface area contributed by atoms with Gasteiger partial charge in [-0.1, -0.05) is 27.6 Å². The Balaban J connectivity index is 1.85. The highest BCUT2D eigenvalue weighted by Gasteiger charge is 2.08. The van der Waals surface area contributed by atoms with Gasteiger partial charge in [0.15, 0.2) is 0 Å². The van der Waals surface area contributed by atoms with E-state index in [0.29, 0.717) is 17.8 Å². The van der Waals surface area contributed by atoms with Crippen molar-refractivity contribution < 1.29 is 4.79 Å². The molecule has 0 bridgehead atoms.